The lowest BCUT2D eigenvalue weighted by Gasteiger charge is -2.10. The number of carbonyl (C=O) groups excluding carboxylic acids is 1. The molecule has 1 unspecified atom stereocenters. The lowest BCUT2D eigenvalue weighted by Crippen LogP contribution is -2.05. The standard InChI is InChI=1S/C29H23ClFOS2/c1-3-20(2)34(25-14-10-23(31)11-15-25)26-16-12-24(13-17-26)33-28-18-9-22(19-27(28)30)29(32)21-7-5-4-6-8-21/h3-19H,1-2H3/q+1/b20-3+. The first-order valence-corrected chi connectivity index (χ1v) is 13.2. The van der Waals surface area contributed by atoms with Crippen molar-refractivity contribution in [2.45, 2.75) is 33.4 Å². The molecule has 0 aromatic heterocycles. The van der Waals surface area contributed by atoms with Gasteiger partial charge in [-0.25, -0.2) is 4.39 Å². The number of ketones is 1. The topological polar surface area (TPSA) is 17.1 Å². The summed E-state index contributed by atoms with van der Waals surface area (Å²) < 4.78 is 13.4. The van der Waals surface area contributed by atoms with E-state index >= 15 is 0 Å². The van der Waals surface area contributed by atoms with Gasteiger partial charge in [-0.15, -0.1) is 0 Å². The van der Waals surface area contributed by atoms with Gasteiger partial charge in [0.05, 0.1) is 15.9 Å². The predicted molar refractivity (Wildman–Crippen MR) is 142 cm³/mol. The van der Waals surface area contributed by atoms with Gasteiger partial charge in [0.2, 0.25) is 0 Å². The molecule has 0 aliphatic carbocycles. The highest BCUT2D eigenvalue weighted by Crippen LogP contribution is 2.36. The largest absolute Gasteiger partial charge is 0.289 e. The third-order valence-corrected chi connectivity index (χ3v) is 9.17. The molecule has 0 fully saturated rings. The van der Waals surface area contributed by atoms with E-state index in [9.17, 15) is 9.18 Å². The van der Waals surface area contributed by atoms with Crippen LogP contribution < -0.4 is 0 Å². The zero-order chi connectivity index (χ0) is 24.1. The third-order valence-electron chi connectivity index (χ3n) is 5.30. The highest BCUT2D eigenvalue weighted by Gasteiger charge is 2.27. The fourth-order valence-corrected chi connectivity index (χ4v) is 6.63. The van der Waals surface area contributed by atoms with Gasteiger partial charge in [0, 0.05) is 27.8 Å². The Morgan fingerprint density at radius 2 is 1.47 bits per heavy atom. The fourth-order valence-electron chi connectivity index (χ4n) is 3.45. The van der Waals surface area contributed by atoms with Crippen LogP contribution in [-0.2, 0) is 10.9 Å². The minimum atomic E-state index is -0.268. The molecule has 0 aliphatic heterocycles. The Balaban J connectivity index is 1.54. The maximum atomic E-state index is 13.4. The van der Waals surface area contributed by atoms with Crippen molar-refractivity contribution in [3.63, 3.8) is 0 Å². The summed E-state index contributed by atoms with van der Waals surface area (Å²) in [6.45, 7) is 4.13. The summed E-state index contributed by atoms with van der Waals surface area (Å²) in [4.78, 5) is 18.1. The average Bonchev–Trinajstić information content (AvgIpc) is 2.87. The lowest BCUT2D eigenvalue weighted by atomic mass is 10.0. The second kappa shape index (κ2) is 11.1. The number of halogens is 2. The second-order valence-corrected chi connectivity index (χ2v) is 11.3. The van der Waals surface area contributed by atoms with Crippen molar-refractivity contribution >= 4 is 40.0 Å². The van der Waals surface area contributed by atoms with Gasteiger partial charge in [-0.05, 0) is 79.7 Å². The molecule has 0 bridgehead atoms. The normalized spacial score (nSPS) is 12.4. The van der Waals surface area contributed by atoms with Crippen LogP contribution in [0.4, 0.5) is 4.39 Å². The summed E-state index contributed by atoms with van der Waals surface area (Å²) in [5, 5.41) is 0.548. The Kier molecular flexibility index (Phi) is 7.94. The third kappa shape index (κ3) is 5.64. The van der Waals surface area contributed by atoms with Crippen LogP contribution in [0, 0.1) is 5.82 Å². The molecule has 4 rings (SSSR count). The molecule has 1 nitrogen and oxygen atoms in total. The van der Waals surface area contributed by atoms with Gasteiger partial charge in [0.15, 0.2) is 15.6 Å². The number of allylic oxidation sites excluding steroid dienone is 2. The molecule has 0 spiro atoms. The monoisotopic (exact) mass is 505 g/mol. The Morgan fingerprint density at radius 3 is 2.06 bits per heavy atom. The molecule has 0 amide bonds. The number of hydrogen-bond acceptors (Lipinski definition) is 2. The molecule has 4 aromatic carbocycles. The van der Waals surface area contributed by atoms with Gasteiger partial charge >= 0.3 is 0 Å². The van der Waals surface area contributed by atoms with Crippen LogP contribution in [0.25, 0.3) is 0 Å². The minimum absolute atomic E-state index is 0.0458. The van der Waals surface area contributed by atoms with Gasteiger partial charge in [0.25, 0.3) is 0 Å². The van der Waals surface area contributed by atoms with Crippen LogP contribution in [0.1, 0.15) is 29.8 Å². The summed E-state index contributed by atoms with van der Waals surface area (Å²) >= 11 is 8.09. The van der Waals surface area contributed by atoms with Gasteiger partial charge in [-0.2, -0.15) is 0 Å². The Bertz CT molecular complexity index is 1320. The van der Waals surface area contributed by atoms with E-state index in [1.54, 1.807) is 30.0 Å². The molecule has 1 atom stereocenters. The van der Waals surface area contributed by atoms with Crippen LogP contribution in [0.5, 0.6) is 0 Å². The van der Waals surface area contributed by atoms with E-state index in [-0.39, 0.29) is 22.5 Å². The van der Waals surface area contributed by atoms with Crippen LogP contribution in [0.2, 0.25) is 5.02 Å². The second-order valence-electron chi connectivity index (χ2n) is 7.57. The SMILES string of the molecule is C/C=C(\C)[S+](c1ccc(F)cc1)c1ccc(Sc2ccc(C(=O)c3ccccc3)cc2Cl)cc1. The van der Waals surface area contributed by atoms with Gasteiger partial charge in [-0.1, -0.05) is 53.7 Å². The predicted octanol–water partition coefficient (Wildman–Crippen LogP) is 8.82. The molecule has 34 heavy (non-hydrogen) atoms. The smallest absolute Gasteiger partial charge is 0.193 e. The molecule has 0 radical (unpaired) electrons. The quantitative estimate of drug-likeness (QED) is 0.184. The summed E-state index contributed by atoms with van der Waals surface area (Å²) in [5.41, 5.74) is 1.21. The van der Waals surface area contributed by atoms with Gasteiger partial charge < -0.3 is 0 Å². The molecular weight excluding hydrogens is 483 g/mol. The van der Waals surface area contributed by atoms with E-state index in [0.29, 0.717) is 16.1 Å². The molecule has 0 saturated carbocycles. The van der Waals surface area contributed by atoms with Crippen molar-refractivity contribution < 1.29 is 9.18 Å². The molecule has 0 aliphatic rings. The van der Waals surface area contributed by atoms with Crippen LogP contribution in [0.3, 0.4) is 0 Å². The highest BCUT2D eigenvalue weighted by molar-refractivity contribution is 8.00. The Morgan fingerprint density at radius 1 is 0.853 bits per heavy atom. The first-order valence-electron chi connectivity index (χ1n) is 10.8. The zero-order valence-corrected chi connectivity index (χ0v) is 21.2. The van der Waals surface area contributed by atoms with Gasteiger partial charge in [-0.3, -0.25) is 4.79 Å². The summed E-state index contributed by atoms with van der Waals surface area (Å²) in [6.07, 6.45) is 2.10. The summed E-state index contributed by atoms with van der Waals surface area (Å²) in [7, 11) is -0.268. The zero-order valence-electron chi connectivity index (χ0n) is 18.8. The molecule has 5 heteroatoms. The van der Waals surface area contributed by atoms with Crippen molar-refractivity contribution in [1.82, 2.24) is 0 Å². The van der Waals surface area contributed by atoms with Crippen molar-refractivity contribution in [1.29, 1.82) is 0 Å². The molecule has 0 heterocycles. The van der Waals surface area contributed by atoms with E-state index in [0.717, 1.165) is 14.7 Å². The van der Waals surface area contributed by atoms with E-state index in [1.165, 1.54) is 21.9 Å². The maximum absolute atomic E-state index is 13.4. The van der Waals surface area contributed by atoms with Gasteiger partial charge in [0.1, 0.15) is 10.7 Å². The van der Waals surface area contributed by atoms with E-state index in [1.807, 2.05) is 49.4 Å². The summed E-state index contributed by atoms with van der Waals surface area (Å²) in [5.74, 6) is -0.277. The molecule has 4 aromatic rings. The van der Waals surface area contributed by atoms with Crippen molar-refractivity contribution in [3.8, 4) is 0 Å². The van der Waals surface area contributed by atoms with Crippen molar-refractivity contribution in [2.24, 2.45) is 0 Å². The van der Waals surface area contributed by atoms with Crippen LogP contribution >= 0.6 is 23.4 Å². The van der Waals surface area contributed by atoms with Crippen LogP contribution in [-0.4, -0.2) is 5.78 Å². The van der Waals surface area contributed by atoms with E-state index in [2.05, 4.69) is 37.3 Å². The molecule has 0 saturated heterocycles. The minimum Gasteiger partial charge on any atom is -0.289 e. The fraction of sp³-hybridized carbons (Fsp3) is 0.0690. The van der Waals surface area contributed by atoms with Crippen LogP contribution in [0.15, 0.2) is 128 Å². The molecular formula is C29H23ClFOS2+. The summed E-state index contributed by atoms with van der Waals surface area (Å²) in [6, 6.07) is 29.7. The number of carbonyl (C=O) groups is 1. The van der Waals surface area contributed by atoms with E-state index in [4.69, 9.17) is 11.6 Å². The molecule has 170 valence electrons. The lowest BCUT2D eigenvalue weighted by molar-refractivity contribution is 0.103. The van der Waals surface area contributed by atoms with Crippen molar-refractivity contribution in [2.75, 3.05) is 0 Å². The first kappa shape index (κ1) is 24.3. The average molecular weight is 506 g/mol. The molecule has 0 N–H and O–H groups in total. The number of hydrogen-bond donors (Lipinski definition) is 0. The maximum Gasteiger partial charge on any atom is 0.193 e. The number of rotatable bonds is 7. The van der Waals surface area contributed by atoms with Crippen molar-refractivity contribution in [3.05, 3.63) is 130 Å². The number of benzene rings is 4. The first-order chi connectivity index (χ1) is 16.5. The Hall–Kier alpha value is -2.79. The van der Waals surface area contributed by atoms with E-state index < -0.39 is 0 Å². The highest BCUT2D eigenvalue weighted by atomic mass is 35.5. The Labute approximate surface area is 212 Å².